The first kappa shape index (κ1) is 15.3. The van der Waals surface area contributed by atoms with Crippen molar-refractivity contribution in [3.05, 3.63) is 34.9 Å². The van der Waals surface area contributed by atoms with Crippen molar-refractivity contribution in [3.63, 3.8) is 0 Å². The number of aryl methyl sites for hydroxylation is 1. The number of nitrogens with one attached hydrogen (secondary N) is 2. The molecule has 1 aliphatic carbocycles. The Balaban J connectivity index is 1.61. The fourth-order valence-electron chi connectivity index (χ4n) is 3.35. The summed E-state index contributed by atoms with van der Waals surface area (Å²) in [7, 11) is 0. The van der Waals surface area contributed by atoms with Crippen LogP contribution in [0.25, 0.3) is 0 Å². The molecule has 0 bridgehead atoms. The average molecular weight is 304 g/mol. The fourth-order valence-corrected chi connectivity index (χ4v) is 3.35. The number of ether oxygens (including phenoxy) is 1. The standard InChI is InChI=1S/C17H24N2O3/c1-11-3-4-13-8-12(2)15(14(13)7-11)19-16(20)18-9-17(21)5-6-22-10-17/h3-4,7,12,15,21H,5-6,8-10H2,1-2H3,(H2,18,19,20)/t12-,15+,17+/m0/s1. The Kier molecular flexibility index (Phi) is 4.10. The maximum Gasteiger partial charge on any atom is 0.315 e. The van der Waals surface area contributed by atoms with Gasteiger partial charge in [-0.1, -0.05) is 30.7 Å². The molecular weight excluding hydrogens is 280 g/mol. The SMILES string of the molecule is Cc1ccc2c(c1)[C@H](NC(=O)NC[C@]1(O)CCOC1)[C@@H](C)C2. The third-order valence-electron chi connectivity index (χ3n) is 4.69. The van der Waals surface area contributed by atoms with Crippen LogP contribution in [-0.2, 0) is 11.2 Å². The molecule has 3 rings (SSSR count). The van der Waals surface area contributed by atoms with Crippen LogP contribution < -0.4 is 10.6 Å². The van der Waals surface area contributed by atoms with E-state index in [0.29, 0.717) is 18.9 Å². The number of aliphatic hydroxyl groups is 1. The van der Waals surface area contributed by atoms with E-state index < -0.39 is 5.60 Å². The molecule has 1 aromatic carbocycles. The van der Waals surface area contributed by atoms with Crippen LogP contribution in [0.1, 0.15) is 36.1 Å². The molecule has 0 radical (unpaired) electrons. The van der Waals surface area contributed by atoms with Gasteiger partial charge in [-0.2, -0.15) is 0 Å². The third kappa shape index (κ3) is 3.10. The van der Waals surface area contributed by atoms with E-state index in [4.69, 9.17) is 4.74 Å². The van der Waals surface area contributed by atoms with Crippen molar-refractivity contribution in [1.82, 2.24) is 10.6 Å². The Morgan fingerprint density at radius 2 is 2.32 bits per heavy atom. The lowest BCUT2D eigenvalue weighted by molar-refractivity contribution is 0.0290. The molecule has 5 nitrogen and oxygen atoms in total. The molecule has 0 unspecified atom stereocenters. The molecule has 1 aromatic rings. The molecule has 0 saturated carbocycles. The van der Waals surface area contributed by atoms with Gasteiger partial charge in [0.25, 0.3) is 0 Å². The van der Waals surface area contributed by atoms with Gasteiger partial charge in [0.2, 0.25) is 0 Å². The minimum absolute atomic E-state index is 0.0318. The van der Waals surface area contributed by atoms with Gasteiger partial charge in [0.05, 0.1) is 19.2 Å². The second-order valence-corrected chi connectivity index (χ2v) is 6.72. The summed E-state index contributed by atoms with van der Waals surface area (Å²) >= 11 is 0. The molecule has 1 heterocycles. The molecule has 22 heavy (non-hydrogen) atoms. The highest BCUT2D eigenvalue weighted by molar-refractivity contribution is 5.74. The number of hydrogen-bond donors (Lipinski definition) is 3. The highest BCUT2D eigenvalue weighted by Crippen LogP contribution is 2.36. The second kappa shape index (κ2) is 5.89. The topological polar surface area (TPSA) is 70.6 Å². The van der Waals surface area contributed by atoms with E-state index in [0.717, 1.165) is 6.42 Å². The van der Waals surface area contributed by atoms with Crippen LogP contribution in [0.5, 0.6) is 0 Å². The van der Waals surface area contributed by atoms with Gasteiger partial charge in [-0.25, -0.2) is 4.79 Å². The van der Waals surface area contributed by atoms with Crippen molar-refractivity contribution >= 4 is 6.03 Å². The van der Waals surface area contributed by atoms with Crippen LogP contribution in [0, 0.1) is 12.8 Å². The summed E-state index contributed by atoms with van der Waals surface area (Å²) in [4.78, 5) is 12.2. The lowest BCUT2D eigenvalue weighted by Gasteiger charge is -2.23. The van der Waals surface area contributed by atoms with Crippen LogP contribution in [-0.4, -0.2) is 36.5 Å². The number of amides is 2. The predicted molar refractivity (Wildman–Crippen MR) is 83.7 cm³/mol. The van der Waals surface area contributed by atoms with Crippen molar-refractivity contribution in [2.45, 2.75) is 38.3 Å². The molecule has 3 atom stereocenters. The first-order chi connectivity index (χ1) is 10.5. The molecule has 1 saturated heterocycles. The Bertz CT molecular complexity index is 567. The third-order valence-corrected chi connectivity index (χ3v) is 4.69. The predicted octanol–water partition coefficient (Wildman–Crippen LogP) is 1.68. The molecule has 0 aromatic heterocycles. The van der Waals surface area contributed by atoms with Gasteiger partial charge in [-0.15, -0.1) is 0 Å². The number of urea groups is 1. The number of hydrogen-bond acceptors (Lipinski definition) is 3. The average Bonchev–Trinajstić information content (AvgIpc) is 3.03. The number of rotatable bonds is 3. The van der Waals surface area contributed by atoms with Crippen LogP contribution in [0.4, 0.5) is 4.79 Å². The van der Waals surface area contributed by atoms with Crippen LogP contribution in [0.3, 0.4) is 0 Å². The zero-order valence-corrected chi connectivity index (χ0v) is 13.2. The number of carbonyl (C=O) groups is 1. The summed E-state index contributed by atoms with van der Waals surface area (Å²) in [5.41, 5.74) is 2.81. The smallest absolute Gasteiger partial charge is 0.315 e. The van der Waals surface area contributed by atoms with Crippen LogP contribution in [0.15, 0.2) is 18.2 Å². The summed E-state index contributed by atoms with van der Waals surface area (Å²) in [6.45, 7) is 5.27. The van der Waals surface area contributed by atoms with E-state index >= 15 is 0 Å². The summed E-state index contributed by atoms with van der Waals surface area (Å²) < 4.78 is 5.18. The van der Waals surface area contributed by atoms with Crippen LogP contribution >= 0.6 is 0 Å². The second-order valence-electron chi connectivity index (χ2n) is 6.72. The van der Waals surface area contributed by atoms with Crippen molar-refractivity contribution in [1.29, 1.82) is 0 Å². The van der Waals surface area contributed by atoms with E-state index in [1.54, 1.807) is 0 Å². The van der Waals surface area contributed by atoms with Gasteiger partial charge in [0.1, 0.15) is 5.60 Å². The number of carbonyl (C=O) groups excluding carboxylic acids is 1. The number of fused-ring (bicyclic) bond motifs is 1. The normalized spacial score (nSPS) is 30.1. The summed E-state index contributed by atoms with van der Waals surface area (Å²) in [6.07, 6.45) is 1.55. The summed E-state index contributed by atoms with van der Waals surface area (Å²) in [6, 6.07) is 6.22. The van der Waals surface area contributed by atoms with Gasteiger partial charge in [-0.3, -0.25) is 0 Å². The lowest BCUT2D eigenvalue weighted by Crippen LogP contribution is -2.47. The van der Waals surface area contributed by atoms with Crippen molar-refractivity contribution in [2.24, 2.45) is 5.92 Å². The quantitative estimate of drug-likeness (QED) is 0.795. The van der Waals surface area contributed by atoms with Crippen molar-refractivity contribution in [2.75, 3.05) is 19.8 Å². The molecule has 0 spiro atoms. The molecular formula is C17H24N2O3. The maximum absolute atomic E-state index is 12.2. The molecule has 1 aliphatic heterocycles. The van der Waals surface area contributed by atoms with E-state index in [9.17, 15) is 9.90 Å². The highest BCUT2D eigenvalue weighted by atomic mass is 16.5. The van der Waals surface area contributed by atoms with Gasteiger partial charge in [0.15, 0.2) is 0 Å². The Morgan fingerprint density at radius 1 is 1.50 bits per heavy atom. The first-order valence-corrected chi connectivity index (χ1v) is 7.91. The monoisotopic (exact) mass is 304 g/mol. The minimum Gasteiger partial charge on any atom is -0.386 e. The van der Waals surface area contributed by atoms with Gasteiger partial charge in [-0.05, 0) is 30.4 Å². The first-order valence-electron chi connectivity index (χ1n) is 7.91. The summed E-state index contributed by atoms with van der Waals surface area (Å²) in [5, 5.41) is 16.0. The van der Waals surface area contributed by atoms with E-state index in [-0.39, 0.29) is 25.2 Å². The molecule has 1 fully saturated rings. The fraction of sp³-hybridized carbons (Fsp3) is 0.588. The van der Waals surface area contributed by atoms with Gasteiger partial charge >= 0.3 is 6.03 Å². The maximum atomic E-state index is 12.2. The Labute approximate surface area is 131 Å². The molecule has 3 N–H and O–H groups in total. The largest absolute Gasteiger partial charge is 0.386 e. The molecule has 2 amide bonds. The zero-order valence-electron chi connectivity index (χ0n) is 13.2. The highest BCUT2D eigenvalue weighted by Gasteiger charge is 2.34. The Morgan fingerprint density at radius 3 is 3.05 bits per heavy atom. The van der Waals surface area contributed by atoms with Gasteiger partial charge in [0, 0.05) is 13.0 Å². The molecule has 120 valence electrons. The van der Waals surface area contributed by atoms with E-state index in [1.807, 2.05) is 0 Å². The van der Waals surface area contributed by atoms with Gasteiger partial charge < -0.3 is 20.5 Å². The van der Waals surface area contributed by atoms with E-state index in [2.05, 4.69) is 42.7 Å². The molecule has 2 aliphatic rings. The van der Waals surface area contributed by atoms with Crippen LogP contribution in [0.2, 0.25) is 0 Å². The van der Waals surface area contributed by atoms with Crippen molar-refractivity contribution in [3.8, 4) is 0 Å². The number of benzene rings is 1. The Hall–Kier alpha value is -1.59. The minimum atomic E-state index is -0.923. The van der Waals surface area contributed by atoms with Crippen molar-refractivity contribution < 1.29 is 14.6 Å². The summed E-state index contributed by atoms with van der Waals surface area (Å²) in [5.74, 6) is 0.375. The lowest BCUT2D eigenvalue weighted by atomic mass is 10.0. The zero-order chi connectivity index (χ0) is 15.7. The van der Waals surface area contributed by atoms with E-state index in [1.165, 1.54) is 16.7 Å². The molecule has 5 heteroatoms.